The van der Waals surface area contributed by atoms with E-state index >= 15 is 0 Å². The first-order valence-corrected chi connectivity index (χ1v) is 19.8. The van der Waals surface area contributed by atoms with Gasteiger partial charge in [0.15, 0.2) is 5.79 Å². The van der Waals surface area contributed by atoms with E-state index in [1.807, 2.05) is 6.92 Å². The maximum absolute atomic E-state index is 13.3. The van der Waals surface area contributed by atoms with Gasteiger partial charge in [-0.05, 0) is 76.0 Å². The molecular weight excluding hydrogens is 700 g/mol. The summed E-state index contributed by atoms with van der Waals surface area (Å²) >= 11 is 0. The molecule has 0 saturated carbocycles. The van der Waals surface area contributed by atoms with Crippen molar-refractivity contribution >= 4 is 29.5 Å². The summed E-state index contributed by atoms with van der Waals surface area (Å²) in [5.41, 5.74) is -0.403. The maximum atomic E-state index is 13.3. The lowest BCUT2D eigenvalue weighted by atomic mass is 9.79. The summed E-state index contributed by atoms with van der Waals surface area (Å²) in [6, 6.07) is 0. The molecule has 3 heterocycles. The van der Waals surface area contributed by atoms with Crippen molar-refractivity contribution in [3.8, 4) is 0 Å². The van der Waals surface area contributed by atoms with Gasteiger partial charge in [-0.1, -0.05) is 48.5 Å². The van der Waals surface area contributed by atoms with Crippen LogP contribution in [-0.4, -0.2) is 100 Å². The quantitative estimate of drug-likeness (QED) is 0.113. The molecule has 1 spiro atoms. The summed E-state index contributed by atoms with van der Waals surface area (Å²) < 4.78 is 29.1. The molecule has 3 N–H and O–H groups in total. The Kier molecular flexibility index (Phi) is 17.0. The topological polar surface area (TPSA) is 192 Å². The van der Waals surface area contributed by atoms with Gasteiger partial charge in [-0.2, -0.15) is 0 Å². The molecule has 0 aromatic carbocycles. The summed E-state index contributed by atoms with van der Waals surface area (Å²) in [5.74, 6) is -4.07. The van der Waals surface area contributed by atoms with Crippen molar-refractivity contribution in [2.45, 2.75) is 175 Å². The zero-order chi connectivity index (χ0) is 40.7. The minimum atomic E-state index is -1.63. The van der Waals surface area contributed by atoms with E-state index in [9.17, 15) is 39.3 Å². The summed E-state index contributed by atoms with van der Waals surface area (Å²) in [7, 11) is 1.32. The van der Waals surface area contributed by atoms with Crippen molar-refractivity contribution in [2.75, 3.05) is 7.11 Å². The standard InChI is InChI=1S/C41H66O13/c1-21(2)36(51-34(47)20-31(45)35-27(8)39(48)52-40(35)49)38(50-10)32(46)19-30(44)26(7)29(43)13-11-24(5)37-25(6)16-18-41(54-37)17-15-23(4)33(53-41)14-12-22(3)28(9)42/h21-26,29,31-33,36-38,43,45-46H,11-20H2,1-10H3/t22-,23+,24+,25+,26-,29-,31-,32-,33-,36-,37-,38-,41+/m1/s1. The van der Waals surface area contributed by atoms with Gasteiger partial charge in [-0.15, -0.1) is 0 Å². The number of aliphatic hydroxyl groups excluding tert-OH is 3. The van der Waals surface area contributed by atoms with Crippen molar-refractivity contribution in [3.05, 3.63) is 11.1 Å². The molecule has 0 aliphatic carbocycles. The Hall–Kier alpha value is -2.55. The van der Waals surface area contributed by atoms with Crippen molar-refractivity contribution in [2.24, 2.45) is 35.5 Å². The first-order valence-electron chi connectivity index (χ1n) is 19.8. The summed E-state index contributed by atoms with van der Waals surface area (Å²) in [6.45, 7) is 16.5. The molecule has 13 nitrogen and oxygen atoms in total. The van der Waals surface area contributed by atoms with Crippen LogP contribution in [0.25, 0.3) is 0 Å². The summed E-state index contributed by atoms with van der Waals surface area (Å²) in [6.07, 6.45) is -1.03. The molecule has 3 aliphatic rings. The number of Topliss-reactive ketones (excluding diaryl/α,β-unsaturated/α-hetero) is 2. The van der Waals surface area contributed by atoms with Crippen LogP contribution in [0.2, 0.25) is 0 Å². The van der Waals surface area contributed by atoms with Crippen LogP contribution in [0, 0.1) is 35.5 Å². The van der Waals surface area contributed by atoms with E-state index in [-0.39, 0.29) is 65.0 Å². The number of rotatable bonds is 20. The first kappa shape index (κ1) is 45.8. The number of aliphatic hydroxyl groups is 3. The molecule has 3 aliphatic heterocycles. The van der Waals surface area contributed by atoms with Crippen molar-refractivity contribution in [3.63, 3.8) is 0 Å². The third kappa shape index (κ3) is 11.7. The van der Waals surface area contributed by atoms with Gasteiger partial charge in [0.2, 0.25) is 0 Å². The molecule has 2 fully saturated rings. The lowest BCUT2D eigenvalue weighted by Gasteiger charge is -2.51. The molecule has 2 saturated heterocycles. The van der Waals surface area contributed by atoms with Crippen molar-refractivity contribution in [1.82, 2.24) is 0 Å². The molecule has 0 aromatic heterocycles. The number of ketones is 2. The molecule has 0 bridgehead atoms. The fourth-order valence-electron chi connectivity index (χ4n) is 8.02. The zero-order valence-corrected chi connectivity index (χ0v) is 34.0. The summed E-state index contributed by atoms with van der Waals surface area (Å²) in [4.78, 5) is 61.6. The van der Waals surface area contributed by atoms with Crippen molar-refractivity contribution < 1.29 is 63.0 Å². The Morgan fingerprint density at radius 1 is 0.852 bits per heavy atom. The predicted octanol–water partition coefficient (Wildman–Crippen LogP) is 4.79. The molecule has 13 atom stereocenters. The first-order chi connectivity index (χ1) is 25.2. The average Bonchev–Trinajstić information content (AvgIpc) is 3.37. The number of esters is 3. The highest BCUT2D eigenvalue weighted by Gasteiger charge is 2.48. The monoisotopic (exact) mass is 766 g/mol. The third-order valence-corrected chi connectivity index (χ3v) is 12.1. The largest absolute Gasteiger partial charge is 0.459 e. The smallest absolute Gasteiger partial charge is 0.345 e. The number of cyclic esters (lactones) is 2. The SMILES string of the molecule is CO[C@H]([C@H](O)CC(=O)[C@H](C)[C@H](O)CC[C@H](C)[C@H]1O[C@]2(CC[C@@H]1C)CC[C@H](C)[C@@H](CC[C@@H](C)C(C)=O)O2)[C@H](OC(=O)C[C@@H](O)C1=C(C)C(=O)OC1=O)C(C)C. The van der Waals surface area contributed by atoms with E-state index in [4.69, 9.17) is 18.9 Å². The highest BCUT2D eigenvalue weighted by molar-refractivity contribution is 6.12. The Balaban J connectivity index is 1.54. The molecule has 308 valence electrons. The minimum absolute atomic E-state index is 0.00210. The number of carbonyl (C=O) groups is 5. The zero-order valence-electron chi connectivity index (χ0n) is 34.0. The Bertz CT molecular complexity index is 1350. The second-order valence-electron chi connectivity index (χ2n) is 16.8. The maximum Gasteiger partial charge on any atom is 0.345 e. The van der Waals surface area contributed by atoms with Crippen LogP contribution in [0.15, 0.2) is 11.1 Å². The van der Waals surface area contributed by atoms with Crippen LogP contribution < -0.4 is 0 Å². The number of hydrogen-bond acceptors (Lipinski definition) is 13. The fraction of sp³-hybridized carbons (Fsp3) is 0.829. The van der Waals surface area contributed by atoms with Gasteiger partial charge < -0.3 is 39.0 Å². The highest BCUT2D eigenvalue weighted by atomic mass is 16.7. The van der Waals surface area contributed by atoms with Gasteiger partial charge in [0.25, 0.3) is 0 Å². The van der Waals surface area contributed by atoms with Crippen LogP contribution in [0.5, 0.6) is 0 Å². The molecule has 0 aromatic rings. The van der Waals surface area contributed by atoms with Crippen LogP contribution in [0.4, 0.5) is 0 Å². The van der Waals surface area contributed by atoms with E-state index in [0.717, 1.165) is 38.5 Å². The van der Waals surface area contributed by atoms with Crippen LogP contribution in [-0.2, 0) is 47.7 Å². The normalized spacial score (nSPS) is 29.3. The molecule has 0 unspecified atom stereocenters. The Morgan fingerprint density at radius 2 is 1.48 bits per heavy atom. The van der Waals surface area contributed by atoms with Gasteiger partial charge >= 0.3 is 17.9 Å². The van der Waals surface area contributed by atoms with E-state index < -0.39 is 66.6 Å². The van der Waals surface area contributed by atoms with E-state index in [2.05, 4.69) is 25.5 Å². The predicted molar refractivity (Wildman–Crippen MR) is 197 cm³/mol. The number of hydrogen-bond donors (Lipinski definition) is 3. The molecule has 0 radical (unpaired) electrons. The number of ether oxygens (including phenoxy) is 5. The van der Waals surface area contributed by atoms with Crippen LogP contribution >= 0.6 is 0 Å². The molecular formula is C41H66O13. The van der Waals surface area contributed by atoms with E-state index in [1.54, 1.807) is 27.7 Å². The van der Waals surface area contributed by atoms with E-state index in [1.165, 1.54) is 14.0 Å². The Labute approximate surface area is 320 Å². The second-order valence-corrected chi connectivity index (χ2v) is 16.8. The molecule has 13 heteroatoms. The Morgan fingerprint density at radius 3 is 2.04 bits per heavy atom. The number of methoxy groups -OCH3 is 1. The molecule has 54 heavy (non-hydrogen) atoms. The lowest BCUT2D eigenvalue weighted by molar-refractivity contribution is -0.338. The third-order valence-electron chi connectivity index (χ3n) is 12.1. The lowest BCUT2D eigenvalue weighted by Crippen LogP contribution is -2.53. The summed E-state index contributed by atoms with van der Waals surface area (Å²) in [5, 5.41) is 32.7. The van der Waals surface area contributed by atoms with Crippen LogP contribution in [0.3, 0.4) is 0 Å². The molecule has 0 amide bonds. The van der Waals surface area contributed by atoms with Gasteiger partial charge in [0, 0.05) is 43.8 Å². The average molecular weight is 767 g/mol. The second kappa shape index (κ2) is 20.0. The van der Waals surface area contributed by atoms with Gasteiger partial charge in [0.05, 0.1) is 42.5 Å². The fourth-order valence-corrected chi connectivity index (χ4v) is 8.02. The molecule has 3 rings (SSSR count). The minimum Gasteiger partial charge on any atom is -0.459 e. The van der Waals surface area contributed by atoms with Gasteiger partial charge in [-0.3, -0.25) is 14.4 Å². The van der Waals surface area contributed by atoms with Crippen molar-refractivity contribution in [1.29, 1.82) is 0 Å². The highest BCUT2D eigenvalue weighted by Crippen LogP contribution is 2.45. The van der Waals surface area contributed by atoms with Gasteiger partial charge in [-0.25, -0.2) is 9.59 Å². The van der Waals surface area contributed by atoms with Gasteiger partial charge in [0.1, 0.15) is 23.8 Å². The number of carbonyl (C=O) groups excluding carboxylic acids is 5. The van der Waals surface area contributed by atoms with Crippen LogP contribution in [0.1, 0.15) is 127 Å². The van der Waals surface area contributed by atoms with E-state index in [0.29, 0.717) is 18.8 Å².